The molecule has 1 nitrogen and oxygen atoms in total. The minimum absolute atomic E-state index is 1.11. The van der Waals surface area contributed by atoms with Crippen molar-refractivity contribution in [3.05, 3.63) is 187 Å². The van der Waals surface area contributed by atoms with Crippen molar-refractivity contribution in [1.82, 2.24) is 0 Å². The molecule has 0 saturated heterocycles. The Balaban J connectivity index is 1.31. The van der Waals surface area contributed by atoms with Crippen LogP contribution in [0.2, 0.25) is 0 Å². The van der Waals surface area contributed by atoms with Crippen LogP contribution in [-0.4, -0.2) is 0 Å². The molecule has 1 heteroatoms. The Morgan fingerprint density at radius 1 is 0.289 bits per heavy atom. The highest BCUT2D eigenvalue weighted by Crippen LogP contribution is 2.39. The van der Waals surface area contributed by atoms with Crippen LogP contribution < -0.4 is 4.90 Å². The average Bonchev–Trinajstić information content (AvgIpc) is 3.10. The fraction of sp³-hybridized carbons (Fsp3) is 0.0455. The van der Waals surface area contributed by atoms with Gasteiger partial charge >= 0.3 is 0 Å². The van der Waals surface area contributed by atoms with Crippen molar-refractivity contribution in [2.45, 2.75) is 13.8 Å². The normalized spacial score (nSPS) is 10.9. The molecular formula is C44H35N. The van der Waals surface area contributed by atoms with Crippen LogP contribution in [0.15, 0.2) is 176 Å². The second-order valence-electron chi connectivity index (χ2n) is 11.6. The van der Waals surface area contributed by atoms with E-state index >= 15 is 0 Å². The monoisotopic (exact) mass is 577 g/mol. The number of anilines is 3. The fourth-order valence-electron chi connectivity index (χ4n) is 6.13. The van der Waals surface area contributed by atoms with Gasteiger partial charge in [-0.05, 0) is 112 Å². The van der Waals surface area contributed by atoms with Crippen molar-refractivity contribution in [3.63, 3.8) is 0 Å². The van der Waals surface area contributed by atoms with Crippen LogP contribution in [0.5, 0.6) is 0 Å². The van der Waals surface area contributed by atoms with E-state index in [9.17, 15) is 0 Å². The summed E-state index contributed by atoms with van der Waals surface area (Å²) < 4.78 is 0. The van der Waals surface area contributed by atoms with Gasteiger partial charge in [0, 0.05) is 17.1 Å². The third-order valence-electron chi connectivity index (χ3n) is 8.55. The molecule has 7 aromatic rings. The summed E-state index contributed by atoms with van der Waals surface area (Å²) in [7, 11) is 0. The highest BCUT2D eigenvalue weighted by atomic mass is 15.1. The molecule has 0 heterocycles. The maximum absolute atomic E-state index is 2.36. The molecule has 0 atom stereocenters. The summed E-state index contributed by atoms with van der Waals surface area (Å²) in [6, 6.07) is 63.2. The molecule has 45 heavy (non-hydrogen) atoms. The predicted octanol–water partition coefficient (Wildman–Crippen LogP) is 12.4. The van der Waals surface area contributed by atoms with E-state index in [4.69, 9.17) is 0 Å². The summed E-state index contributed by atoms with van der Waals surface area (Å²) >= 11 is 0. The zero-order valence-electron chi connectivity index (χ0n) is 25.7. The van der Waals surface area contributed by atoms with Gasteiger partial charge in [0.2, 0.25) is 0 Å². The van der Waals surface area contributed by atoms with Crippen molar-refractivity contribution < 1.29 is 0 Å². The molecular weight excluding hydrogens is 542 g/mol. The molecule has 216 valence electrons. The quantitative estimate of drug-likeness (QED) is 0.182. The van der Waals surface area contributed by atoms with E-state index in [0.717, 1.165) is 17.1 Å². The van der Waals surface area contributed by atoms with E-state index in [0.29, 0.717) is 0 Å². The molecule has 0 aliphatic carbocycles. The van der Waals surface area contributed by atoms with E-state index in [1.165, 1.54) is 55.6 Å². The average molecular weight is 578 g/mol. The lowest BCUT2D eigenvalue weighted by Gasteiger charge is -2.27. The first-order valence-corrected chi connectivity index (χ1v) is 15.5. The van der Waals surface area contributed by atoms with Crippen molar-refractivity contribution in [3.8, 4) is 44.5 Å². The first-order chi connectivity index (χ1) is 22.1. The zero-order valence-corrected chi connectivity index (χ0v) is 25.7. The number of benzene rings is 7. The number of nitrogens with zero attached hydrogens (tertiary/aromatic N) is 1. The van der Waals surface area contributed by atoms with Gasteiger partial charge in [-0.2, -0.15) is 0 Å². The Morgan fingerprint density at radius 3 is 1.31 bits per heavy atom. The second-order valence-corrected chi connectivity index (χ2v) is 11.6. The number of rotatable bonds is 7. The third-order valence-corrected chi connectivity index (χ3v) is 8.55. The Kier molecular flexibility index (Phi) is 7.83. The van der Waals surface area contributed by atoms with E-state index in [-0.39, 0.29) is 0 Å². The molecule has 0 aliphatic heterocycles. The summed E-state index contributed by atoms with van der Waals surface area (Å²) in [5.41, 5.74) is 15.7. The Hall–Kier alpha value is -5.66. The van der Waals surface area contributed by atoms with Crippen LogP contribution in [0, 0.1) is 13.8 Å². The van der Waals surface area contributed by atoms with Crippen molar-refractivity contribution in [2.75, 3.05) is 4.90 Å². The van der Waals surface area contributed by atoms with Crippen LogP contribution >= 0.6 is 0 Å². The van der Waals surface area contributed by atoms with Crippen molar-refractivity contribution in [2.24, 2.45) is 0 Å². The molecule has 0 aliphatic rings. The molecule has 7 aromatic carbocycles. The highest BCUT2D eigenvalue weighted by Gasteiger charge is 2.15. The minimum atomic E-state index is 1.11. The van der Waals surface area contributed by atoms with Gasteiger partial charge in [0.15, 0.2) is 0 Å². The van der Waals surface area contributed by atoms with Crippen LogP contribution in [0.1, 0.15) is 11.1 Å². The van der Waals surface area contributed by atoms with Gasteiger partial charge in [-0.15, -0.1) is 0 Å². The topological polar surface area (TPSA) is 3.24 Å². The van der Waals surface area contributed by atoms with Gasteiger partial charge in [-0.25, -0.2) is 0 Å². The van der Waals surface area contributed by atoms with E-state index in [2.05, 4.69) is 195 Å². The van der Waals surface area contributed by atoms with Gasteiger partial charge < -0.3 is 4.90 Å². The van der Waals surface area contributed by atoms with E-state index in [1.807, 2.05) is 0 Å². The lowest BCUT2D eigenvalue weighted by Crippen LogP contribution is -2.10. The fourth-order valence-corrected chi connectivity index (χ4v) is 6.13. The first kappa shape index (κ1) is 28.1. The Morgan fingerprint density at radius 2 is 0.733 bits per heavy atom. The smallest absolute Gasteiger partial charge is 0.0467 e. The van der Waals surface area contributed by atoms with Crippen molar-refractivity contribution >= 4 is 17.1 Å². The van der Waals surface area contributed by atoms with Crippen LogP contribution in [0.25, 0.3) is 44.5 Å². The van der Waals surface area contributed by atoms with Gasteiger partial charge in [0.1, 0.15) is 0 Å². The molecule has 0 spiro atoms. The van der Waals surface area contributed by atoms with E-state index < -0.39 is 0 Å². The summed E-state index contributed by atoms with van der Waals surface area (Å²) in [6.45, 7) is 4.38. The number of hydrogen-bond donors (Lipinski definition) is 0. The molecule has 0 aromatic heterocycles. The predicted molar refractivity (Wildman–Crippen MR) is 192 cm³/mol. The SMILES string of the molecule is Cc1ccccc1-c1cc(-c2ccc(N(c3cccc(-c4ccccc4)c3)c3cccc(-c4ccccc4)c3)cc2)ccc1C. The zero-order chi connectivity index (χ0) is 30.6. The summed E-state index contributed by atoms with van der Waals surface area (Å²) in [4.78, 5) is 2.36. The van der Waals surface area contributed by atoms with Crippen molar-refractivity contribution in [1.29, 1.82) is 0 Å². The Labute approximate surface area is 266 Å². The summed E-state index contributed by atoms with van der Waals surface area (Å²) in [5, 5.41) is 0. The molecule has 0 amide bonds. The molecule has 0 radical (unpaired) electrons. The maximum Gasteiger partial charge on any atom is 0.0467 e. The Bertz CT molecular complexity index is 1970. The lowest BCUT2D eigenvalue weighted by molar-refractivity contribution is 1.28. The molecule has 0 fully saturated rings. The molecule has 7 rings (SSSR count). The van der Waals surface area contributed by atoms with Crippen LogP contribution in [0.4, 0.5) is 17.1 Å². The lowest BCUT2D eigenvalue weighted by atomic mass is 9.93. The standard InChI is InChI=1S/C44H35N/c1-32-13-9-10-22-43(32)44-31-39(24-23-33(44)2)36-25-27-40(28-26-36)45(41-20-11-18-37(29-41)34-14-5-3-6-15-34)42-21-12-19-38(30-42)35-16-7-4-8-17-35/h3-31H,1-2H3. The molecule has 0 N–H and O–H groups in total. The first-order valence-electron chi connectivity index (χ1n) is 15.5. The molecule has 0 unspecified atom stereocenters. The number of hydrogen-bond acceptors (Lipinski definition) is 1. The maximum atomic E-state index is 2.36. The number of aryl methyl sites for hydroxylation is 2. The highest BCUT2D eigenvalue weighted by molar-refractivity contribution is 5.84. The van der Waals surface area contributed by atoms with Gasteiger partial charge in [-0.3, -0.25) is 0 Å². The van der Waals surface area contributed by atoms with Crippen LogP contribution in [0.3, 0.4) is 0 Å². The summed E-state index contributed by atoms with van der Waals surface area (Å²) in [6.07, 6.45) is 0. The largest absolute Gasteiger partial charge is 0.310 e. The van der Waals surface area contributed by atoms with Gasteiger partial charge in [0.05, 0.1) is 0 Å². The molecule has 0 bridgehead atoms. The minimum Gasteiger partial charge on any atom is -0.310 e. The molecule has 0 saturated carbocycles. The van der Waals surface area contributed by atoms with E-state index in [1.54, 1.807) is 0 Å². The van der Waals surface area contributed by atoms with Crippen LogP contribution in [-0.2, 0) is 0 Å². The third kappa shape index (κ3) is 5.94. The summed E-state index contributed by atoms with van der Waals surface area (Å²) in [5.74, 6) is 0. The van der Waals surface area contributed by atoms with Gasteiger partial charge in [0.25, 0.3) is 0 Å². The van der Waals surface area contributed by atoms with Gasteiger partial charge in [-0.1, -0.05) is 133 Å². The second kappa shape index (κ2) is 12.5.